The van der Waals surface area contributed by atoms with Crippen LogP contribution in [0, 0.1) is 6.92 Å². The summed E-state index contributed by atoms with van der Waals surface area (Å²) in [5.41, 5.74) is 1.04. The van der Waals surface area contributed by atoms with Crippen LogP contribution in [0.1, 0.15) is 16.2 Å². The standard InChI is InChI=1S/C17H14N4O3/c1-11-18-16(22)15(20-19-12-7-3-2-4-8-12)21(11)14-10-6-5-9-13(14)17(23)24/h2-10,22H,1H3,(H,23,24). The molecular formula is C17H14N4O3. The molecule has 7 nitrogen and oxygen atoms in total. The Labute approximate surface area is 137 Å². The van der Waals surface area contributed by atoms with Crippen LogP contribution in [0.4, 0.5) is 11.5 Å². The summed E-state index contributed by atoms with van der Waals surface area (Å²) in [6, 6.07) is 15.4. The second kappa shape index (κ2) is 6.33. The van der Waals surface area contributed by atoms with Gasteiger partial charge in [0.2, 0.25) is 5.82 Å². The van der Waals surface area contributed by atoms with E-state index in [1.54, 1.807) is 37.3 Å². The molecule has 0 fully saturated rings. The Hall–Kier alpha value is -3.48. The van der Waals surface area contributed by atoms with Crippen LogP contribution in [0.5, 0.6) is 5.88 Å². The average molecular weight is 322 g/mol. The Balaban J connectivity index is 2.14. The monoisotopic (exact) mass is 322 g/mol. The van der Waals surface area contributed by atoms with Crippen molar-refractivity contribution in [2.45, 2.75) is 6.92 Å². The molecule has 120 valence electrons. The van der Waals surface area contributed by atoms with E-state index in [9.17, 15) is 15.0 Å². The predicted molar refractivity (Wildman–Crippen MR) is 87.5 cm³/mol. The first kappa shape index (κ1) is 15.4. The van der Waals surface area contributed by atoms with E-state index in [1.807, 2.05) is 18.2 Å². The van der Waals surface area contributed by atoms with E-state index < -0.39 is 5.97 Å². The number of azo groups is 1. The third kappa shape index (κ3) is 2.87. The summed E-state index contributed by atoms with van der Waals surface area (Å²) in [5, 5.41) is 27.5. The zero-order valence-corrected chi connectivity index (χ0v) is 12.8. The minimum atomic E-state index is -1.08. The number of nitrogens with zero attached hydrogens (tertiary/aromatic N) is 4. The number of aryl methyl sites for hydroxylation is 1. The molecule has 1 aromatic heterocycles. The number of carbonyl (C=O) groups is 1. The van der Waals surface area contributed by atoms with Gasteiger partial charge in [-0.2, -0.15) is 4.98 Å². The van der Waals surface area contributed by atoms with Gasteiger partial charge in [-0.05, 0) is 31.2 Å². The van der Waals surface area contributed by atoms with Gasteiger partial charge in [-0.1, -0.05) is 30.3 Å². The summed E-state index contributed by atoms with van der Waals surface area (Å²) in [5.74, 6) is -0.912. The summed E-state index contributed by atoms with van der Waals surface area (Å²) < 4.78 is 1.46. The Morgan fingerprint density at radius 1 is 1.04 bits per heavy atom. The van der Waals surface area contributed by atoms with Crippen LogP contribution < -0.4 is 0 Å². The van der Waals surface area contributed by atoms with Crippen LogP contribution in [-0.2, 0) is 0 Å². The lowest BCUT2D eigenvalue weighted by Crippen LogP contribution is -2.06. The number of aromatic carboxylic acids is 1. The van der Waals surface area contributed by atoms with Gasteiger partial charge in [0.15, 0.2) is 0 Å². The van der Waals surface area contributed by atoms with E-state index >= 15 is 0 Å². The van der Waals surface area contributed by atoms with Crippen molar-refractivity contribution in [1.29, 1.82) is 0 Å². The van der Waals surface area contributed by atoms with Crippen molar-refractivity contribution >= 4 is 17.5 Å². The molecule has 0 aliphatic carbocycles. The molecule has 0 bridgehead atoms. The molecule has 2 aromatic carbocycles. The molecule has 0 saturated heterocycles. The summed E-state index contributed by atoms with van der Waals surface area (Å²) in [6.45, 7) is 1.65. The third-order valence-electron chi connectivity index (χ3n) is 3.39. The zero-order valence-electron chi connectivity index (χ0n) is 12.8. The van der Waals surface area contributed by atoms with Gasteiger partial charge >= 0.3 is 5.97 Å². The molecule has 0 aliphatic rings. The number of hydrogen-bond acceptors (Lipinski definition) is 5. The molecule has 7 heteroatoms. The number of rotatable bonds is 4. The van der Waals surface area contributed by atoms with Crippen LogP contribution in [0.2, 0.25) is 0 Å². The molecule has 0 spiro atoms. The smallest absolute Gasteiger partial charge is 0.337 e. The van der Waals surface area contributed by atoms with E-state index in [4.69, 9.17) is 0 Å². The highest BCUT2D eigenvalue weighted by atomic mass is 16.4. The number of imidazole rings is 1. The fourth-order valence-corrected chi connectivity index (χ4v) is 2.33. The van der Waals surface area contributed by atoms with Crippen molar-refractivity contribution in [2.24, 2.45) is 10.2 Å². The maximum Gasteiger partial charge on any atom is 0.337 e. The number of aromatic nitrogens is 2. The van der Waals surface area contributed by atoms with Crippen molar-refractivity contribution in [1.82, 2.24) is 9.55 Å². The van der Waals surface area contributed by atoms with Crippen LogP contribution in [-0.4, -0.2) is 25.7 Å². The number of benzene rings is 2. The van der Waals surface area contributed by atoms with E-state index in [-0.39, 0.29) is 17.3 Å². The van der Waals surface area contributed by atoms with E-state index in [2.05, 4.69) is 15.2 Å². The largest absolute Gasteiger partial charge is 0.491 e. The number of aromatic hydroxyl groups is 1. The highest BCUT2D eigenvalue weighted by Crippen LogP contribution is 2.33. The van der Waals surface area contributed by atoms with Gasteiger partial charge in [-0.25, -0.2) is 4.79 Å². The summed E-state index contributed by atoms with van der Waals surface area (Å²) in [7, 11) is 0. The Morgan fingerprint density at radius 2 is 1.71 bits per heavy atom. The van der Waals surface area contributed by atoms with Gasteiger partial charge in [0.05, 0.1) is 16.9 Å². The van der Waals surface area contributed by atoms with Gasteiger partial charge in [-0.15, -0.1) is 10.2 Å². The fraction of sp³-hybridized carbons (Fsp3) is 0.0588. The van der Waals surface area contributed by atoms with Crippen molar-refractivity contribution in [3.8, 4) is 11.6 Å². The summed E-state index contributed by atoms with van der Waals surface area (Å²) in [4.78, 5) is 15.4. The topological polar surface area (TPSA) is 100 Å². The van der Waals surface area contributed by atoms with E-state index in [1.165, 1.54) is 10.6 Å². The number of carboxylic acids is 1. The minimum absolute atomic E-state index is 0.0741. The maximum absolute atomic E-state index is 11.5. The maximum atomic E-state index is 11.5. The molecule has 0 radical (unpaired) electrons. The zero-order chi connectivity index (χ0) is 17.1. The van der Waals surface area contributed by atoms with Gasteiger partial charge in [0.1, 0.15) is 5.82 Å². The molecule has 0 atom stereocenters. The first-order chi connectivity index (χ1) is 11.6. The van der Waals surface area contributed by atoms with Gasteiger partial charge < -0.3 is 10.2 Å². The van der Waals surface area contributed by atoms with Gasteiger partial charge in [0, 0.05) is 0 Å². The molecule has 24 heavy (non-hydrogen) atoms. The fourth-order valence-electron chi connectivity index (χ4n) is 2.33. The molecule has 2 N–H and O–H groups in total. The lowest BCUT2D eigenvalue weighted by atomic mass is 10.2. The van der Waals surface area contributed by atoms with E-state index in [0.29, 0.717) is 17.2 Å². The van der Waals surface area contributed by atoms with Gasteiger partial charge in [-0.3, -0.25) is 4.57 Å². The predicted octanol–water partition coefficient (Wildman–Crippen LogP) is 4.00. The minimum Gasteiger partial charge on any atom is -0.491 e. The summed E-state index contributed by atoms with van der Waals surface area (Å²) in [6.07, 6.45) is 0. The highest BCUT2D eigenvalue weighted by molar-refractivity contribution is 5.92. The van der Waals surface area contributed by atoms with Crippen molar-refractivity contribution in [3.05, 3.63) is 66.0 Å². The third-order valence-corrected chi connectivity index (χ3v) is 3.39. The molecule has 0 amide bonds. The normalized spacial score (nSPS) is 11.0. The second-order valence-corrected chi connectivity index (χ2v) is 5.00. The first-order valence-electron chi connectivity index (χ1n) is 7.15. The van der Waals surface area contributed by atoms with Crippen LogP contribution in [0.15, 0.2) is 64.8 Å². The summed E-state index contributed by atoms with van der Waals surface area (Å²) >= 11 is 0. The van der Waals surface area contributed by atoms with Crippen LogP contribution in [0.3, 0.4) is 0 Å². The van der Waals surface area contributed by atoms with E-state index in [0.717, 1.165) is 0 Å². The second-order valence-electron chi connectivity index (χ2n) is 5.00. The molecule has 0 aliphatic heterocycles. The SMILES string of the molecule is Cc1nc(O)c(N=Nc2ccccc2)n1-c1ccccc1C(=O)O. The van der Waals surface area contributed by atoms with Crippen molar-refractivity contribution in [3.63, 3.8) is 0 Å². The van der Waals surface area contributed by atoms with Crippen LogP contribution >= 0.6 is 0 Å². The molecule has 0 unspecified atom stereocenters. The number of carboxylic acid groups (broad SMARTS) is 1. The van der Waals surface area contributed by atoms with Crippen LogP contribution in [0.25, 0.3) is 5.69 Å². The molecule has 1 heterocycles. The van der Waals surface area contributed by atoms with Gasteiger partial charge in [0.25, 0.3) is 5.88 Å². The van der Waals surface area contributed by atoms with Crippen molar-refractivity contribution < 1.29 is 15.0 Å². The molecule has 0 saturated carbocycles. The average Bonchev–Trinajstić information content (AvgIpc) is 2.87. The Morgan fingerprint density at radius 3 is 2.42 bits per heavy atom. The number of hydrogen-bond donors (Lipinski definition) is 2. The highest BCUT2D eigenvalue weighted by Gasteiger charge is 2.20. The first-order valence-corrected chi connectivity index (χ1v) is 7.15. The quantitative estimate of drug-likeness (QED) is 0.709. The number of para-hydroxylation sites is 1. The molecule has 3 rings (SSSR count). The van der Waals surface area contributed by atoms with Crippen molar-refractivity contribution in [2.75, 3.05) is 0 Å². The lowest BCUT2D eigenvalue weighted by Gasteiger charge is -2.10. The molecular weight excluding hydrogens is 308 g/mol. The lowest BCUT2D eigenvalue weighted by molar-refractivity contribution is 0.0697. The Bertz CT molecular complexity index is 917. The molecule has 3 aromatic rings. The Kier molecular flexibility index (Phi) is 4.07.